The molecule has 0 aliphatic carbocycles. The maximum atomic E-state index is 12.2. The molecule has 1 aromatic carbocycles. The van der Waals surface area contributed by atoms with Gasteiger partial charge in [-0.1, -0.05) is 0 Å². The molecule has 22 heavy (non-hydrogen) atoms. The van der Waals surface area contributed by atoms with Gasteiger partial charge in [0.2, 0.25) is 5.91 Å². The van der Waals surface area contributed by atoms with E-state index in [0.717, 1.165) is 18.7 Å². The topological polar surface area (TPSA) is 56.1 Å². The van der Waals surface area contributed by atoms with Crippen LogP contribution in [-0.4, -0.2) is 23.9 Å². The first kappa shape index (κ1) is 14.8. The maximum absolute atomic E-state index is 12.2. The van der Waals surface area contributed by atoms with Gasteiger partial charge in [-0.15, -0.1) is 11.3 Å². The van der Waals surface area contributed by atoms with Crippen LogP contribution >= 0.6 is 11.3 Å². The highest BCUT2D eigenvalue weighted by Gasteiger charge is 2.25. The molecule has 0 radical (unpaired) electrons. The SMILES string of the molecule is CC1c2ccsc2CCN1CC(=O)Nc1ccc(C#N)cc1. The van der Waals surface area contributed by atoms with E-state index in [0.29, 0.717) is 12.1 Å². The Morgan fingerprint density at radius 2 is 2.18 bits per heavy atom. The van der Waals surface area contributed by atoms with Crippen LogP contribution in [0.4, 0.5) is 5.69 Å². The van der Waals surface area contributed by atoms with Crippen molar-refractivity contribution in [2.45, 2.75) is 19.4 Å². The number of carbonyl (C=O) groups is 1. The molecule has 1 atom stereocenters. The van der Waals surface area contributed by atoms with E-state index < -0.39 is 0 Å². The summed E-state index contributed by atoms with van der Waals surface area (Å²) in [7, 11) is 0. The van der Waals surface area contributed by atoms with Gasteiger partial charge in [0.15, 0.2) is 0 Å². The number of anilines is 1. The maximum Gasteiger partial charge on any atom is 0.238 e. The van der Waals surface area contributed by atoms with Crippen molar-refractivity contribution < 1.29 is 4.79 Å². The van der Waals surface area contributed by atoms with Gasteiger partial charge in [0.05, 0.1) is 18.2 Å². The summed E-state index contributed by atoms with van der Waals surface area (Å²) in [5, 5.41) is 13.8. The van der Waals surface area contributed by atoms with E-state index in [1.165, 1.54) is 10.4 Å². The normalized spacial score (nSPS) is 17.5. The zero-order valence-electron chi connectivity index (χ0n) is 12.4. The molecule has 1 N–H and O–H groups in total. The summed E-state index contributed by atoms with van der Waals surface area (Å²) in [5.74, 6) is -0.0183. The molecule has 0 fully saturated rings. The lowest BCUT2D eigenvalue weighted by Crippen LogP contribution is -2.39. The Kier molecular flexibility index (Phi) is 4.23. The molecule has 0 spiro atoms. The smallest absolute Gasteiger partial charge is 0.238 e. The molecular weight excluding hydrogens is 294 g/mol. The van der Waals surface area contributed by atoms with Gasteiger partial charge in [-0.05, 0) is 54.6 Å². The predicted molar refractivity (Wildman–Crippen MR) is 87.8 cm³/mol. The molecule has 2 aromatic rings. The molecule has 1 aromatic heterocycles. The third kappa shape index (κ3) is 3.03. The second kappa shape index (κ2) is 6.30. The molecule has 0 saturated heterocycles. The minimum absolute atomic E-state index is 0.0183. The summed E-state index contributed by atoms with van der Waals surface area (Å²) in [5.41, 5.74) is 2.67. The number of thiophene rings is 1. The van der Waals surface area contributed by atoms with Crippen LogP contribution in [0.5, 0.6) is 0 Å². The van der Waals surface area contributed by atoms with Gasteiger partial charge in [-0.3, -0.25) is 9.69 Å². The van der Waals surface area contributed by atoms with E-state index in [9.17, 15) is 4.79 Å². The molecule has 0 bridgehead atoms. The fourth-order valence-corrected chi connectivity index (χ4v) is 3.75. The van der Waals surface area contributed by atoms with Crippen LogP contribution in [0.1, 0.15) is 29.0 Å². The monoisotopic (exact) mass is 311 g/mol. The third-order valence-electron chi connectivity index (χ3n) is 4.05. The number of fused-ring (bicyclic) bond motifs is 1. The molecule has 1 aliphatic heterocycles. The van der Waals surface area contributed by atoms with Gasteiger partial charge in [0.25, 0.3) is 0 Å². The van der Waals surface area contributed by atoms with Gasteiger partial charge in [-0.25, -0.2) is 0 Å². The van der Waals surface area contributed by atoms with E-state index in [1.54, 1.807) is 35.6 Å². The number of nitrogens with zero attached hydrogens (tertiary/aromatic N) is 2. The van der Waals surface area contributed by atoms with Crippen LogP contribution in [0.2, 0.25) is 0 Å². The highest BCUT2D eigenvalue weighted by Crippen LogP contribution is 2.32. The standard InChI is InChI=1S/C17H17N3OS/c1-12-15-7-9-22-16(15)6-8-20(12)11-17(21)19-14-4-2-13(10-18)3-5-14/h2-5,7,9,12H,6,8,11H2,1H3,(H,19,21). The summed E-state index contributed by atoms with van der Waals surface area (Å²) in [6, 6.07) is 11.4. The summed E-state index contributed by atoms with van der Waals surface area (Å²) in [6.45, 7) is 3.45. The predicted octanol–water partition coefficient (Wildman–Crippen LogP) is 3.18. The first-order valence-electron chi connectivity index (χ1n) is 7.27. The van der Waals surface area contributed by atoms with Crippen LogP contribution < -0.4 is 5.32 Å². The van der Waals surface area contributed by atoms with Gasteiger partial charge < -0.3 is 5.32 Å². The van der Waals surface area contributed by atoms with Gasteiger partial charge in [-0.2, -0.15) is 5.26 Å². The Bertz CT molecular complexity index is 714. The zero-order chi connectivity index (χ0) is 15.5. The Labute approximate surface area is 134 Å². The Balaban J connectivity index is 1.61. The molecule has 2 heterocycles. The van der Waals surface area contributed by atoms with Crippen molar-refractivity contribution in [3.8, 4) is 6.07 Å². The lowest BCUT2D eigenvalue weighted by Gasteiger charge is -2.32. The van der Waals surface area contributed by atoms with Crippen molar-refractivity contribution in [1.29, 1.82) is 5.26 Å². The minimum atomic E-state index is -0.0183. The van der Waals surface area contributed by atoms with Gasteiger partial charge in [0, 0.05) is 23.2 Å². The summed E-state index contributed by atoms with van der Waals surface area (Å²) < 4.78 is 0. The Morgan fingerprint density at radius 3 is 2.91 bits per heavy atom. The number of hydrogen-bond donors (Lipinski definition) is 1. The summed E-state index contributed by atoms with van der Waals surface area (Å²) in [4.78, 5) is 15.9. The van der Waals surface area contributed by atoms with Crippen LogP contribution in [0.25, 0.3) is 0 Å². The van der Waals surface area contributed by atoms with Crippen molar-refractivity contribution in [2.24, 2.45) is 0 Å². The van der Waals surface area contributed by atoms with E-state index in [4.69, 9.17) is 5.26 Å². The Morgan fingerprint density at radius 1 is 1.41 bits per heavy atom. The highest BCUT2D eigenvalue weighted by atomic mass is 32.1. The lowest BCUT2D eigenvalue weighted by molar-refractivity contribution is -0.117. The number of amides is 1. The van der Waals surface area contributed by atoms with Gasteiger partial charge >= 0.3 is 0 Å². The lowest BCUT2D eigenvalue weighted by atomic mass is 10.0. The van der Waals surface area contributed by atoms with Crippen LogP contribution in [0.15, 0.2) is 35.7 Å². The number of rotatable bonds is 3. The Hall–Kier alpha value is -2.16. The number of carbonyl (C=O) groups excluding carboxylic acids is 1. The zero-order valence-corrected chi connectivity index (χ0v) is 13.2. The third-order valence-corrected chi connectivity index (χ3v) is 5.04. The quantitative estimate of drug-likeness (QED) is 0.947. The number of nitrogens with one attached hydrogen (secondary N) is 1. The second-order valence-corrected chi connectivity index (χ2v) is 6.43. The minimum Gasteiger partial charge on any atom is -0.325 e. The highest BCUT2D eigenvalue weighted by molar-refractivity contribution is 7.10. The van der Waals surface area contributed by atoms with Crippen molar-refractivity contribution >= 4 is 22.9 Å². The molecule has 3 rings (SSSR count). The van der Waals surface area contributed by atoms with E-state index in [-0.39, 0.29) is 11.9 Å². The molecule has 4 nitrogen and oxygen atoms in total. The van der Waals surface area contributed by atoms with Crippen molar-refractivity contribution in [3.05, 3.63) is 51.7 Å². The summed E-state index contributed by atoms with van der Waals surface area (Å²) in [6.07, 6.45) is 1.02. The van der Waals surface area contributed by atoms with Crippen LogP contribution in [0, 0.1) is 11.3 Å². The summed E-state index contributed by atoms with van der Waals surface area (Å²) >= 11 is 1.80. The number of benzene rings is 1. The second-order valence-electron chi connectivity index (χ2n) is 5.43. The van der Waals surface area contributed by atoms with E-state index in [2.05, 4.69) is 34.7 Å². The molecule has 1 amide bonds. The van der Waals surface area contributed by atoms with E-state index >= 15 is 0 Å². The van der Waals surface area contributed by atoms with Crippen LogP contribution in [0.3, 0.4) is 0 Å². The first-order valence-corrected chi connectivity index (χ1v) is 8.15. The van der Waals surface area contributed by atoms with Crippen molar-refractivity contribution in [2.75, 3.05) is 18.4 Å². The van der Waals surface area contributed by atoms with Gasteiger partial charge in [0.1, 0.15) is 0 Å². The fraction of sp³-hybridized carbons (Fsp3) is 0.294. The largest absolute Gasteiger partial charge is 0.325 e. The average molecular weight is 311 g/mol. The molecule has 0 saturated carbocycles. The van der Waals surface area contributed by atoms with E-state index in [1.807, 2.05) is 0 Å². The van der Waals surface area contributed by atoms with Crippen molar-refractivity contribution in [1.82, 2.24) is 4.90 Å². The molecule has 5 heteroatoms. The van der Waals surface area contributed by atoms with Crippen molar-refractivity contribution in [3.63, 3.8) is 0 Å². The molecule has 1 aliphatic rings. The molecule has 112 valence electrons. The molecule has 1 unspecified atom stereocenters. The molecular formula is C17H17N3OS. The number of hydrogen-bond acceptors (Lipinski definition) is 4. The fourth-order valence-electron chi connectivity index (χ4n) is 2.79. The van der Waals surface area contributed by atoms with Crippen LogP contribution in [-0.2, 0) is 11.2 Å². The first-order chi connectivity index (χ1) is 10.7. The number of nitriles is 1. The average Bonchev–Trinajstić information content (AvgIpc) is 3.00.